The molecule has 0 rings (SSSR count). The molecule has 0 heterocycles. The summed E-state index contributed by atoms with van der Waals surface area (Å²) in [5.41, 5.74) is -0.586. The van der Waals surface area contributed by atoms with E-state index in [1.165, 1.54) is 6.92 Å². The quantitative estimate of drug-likeness (QED) is 0.565. The molecule has 0 aromatic heterocycles. The van der Waals surface area contributed by atoms with Gasteiger partial charge in [-0.15, -0.1) is 0 Å². The van der Waals surface area contributed by atoms with E-state index in [0.29, 0.717) is 5.75 Å². The first-order valence-corrected chi connectivity index (χ1v) is 6.30. The molecule has 0 saturated carbocycles. The largest absolute Gasteiger partial charge is 0.425 e. The average molecular weight is 248 g/mol. The Morgan fingerprint density at radius 1 is 1.25 bits per heavy atom. The van der Waals surface area contributed by atoms with Crippen molar-refractivity contribution in [2.45, 2.75) is 47.3 Å². The molecule has 0 saturated heterocycles. The Hall–Kier alpha value is -0.710. The van der Waals surface area contributed by atoms with Gasteiger partial charge >= 0.3 is 11.3 Å². The highest BCUT2D eigenvalue weighted by atomic mass is 32.2. The number of esters is 1. The predicted molar refractivity (Wildman–Crippen MR) is 64.2 cm³/mol. The Morgan fingerprint density at radius 2 is 1.81 bits per heavy atom. The lowest BCUT2D eigenvalue weighted by Crippen LogP contribution is -2.28. The maximum Gasteiger partial charge on any atom is 0.370 e. The molecular formula is C11H20O4S. The molecule has 0 aromatic rings. The fraction of sp³-hybridized carbons (Fsp3) is 0.818. The Balaban J connectivity index is 3.95. The Kier molecular flexibility index (Phi) is 6.48. The summed E-state index contributed by atoms with van der Waals surface area (Å²) in [4.78, 5) is 22.6. The van der Waals surface area contributed by atoms with Gasteiger partial charge in [0.25, 0.3) is 0 Å². The molecule has 0 fully saturated rings. The molecule has 1 unspecified atom stereocenters. The molecule has 0 N–H and O–H groups in total. The highest BCUT2D eigenvalue weighted by Gasteiger charge is 2.26. The SMILES string of the molecule is CCCSC(=O)OC(C)OC(=O)C(C)(C)C. The molecule has 5 heteroatoms. The number of carbonyl (C=O) groups is 2. The van der Waals surface area contributed by atoms with Crippen LogP contribution in [0.4, 0.5) is 4.79 Å². The summed E-state index contributed by atoms with van der Waals surface area (Å²) in [6, 6.07) is 0. The standard InChI is InChI=1S/C11H20O4S/c1-6-7-16-10(13)15-8(2)14-9(12)11(3,4)5/h8H,6-7H2,1-5H3. The fourth-order valence-corrected chi connectivity index (χ4v) is 1.28. The maximum atomic E-state index is 11.5. The van der Waals surface area contributed by atoms with Crippen molar-refractivity contribution < 1.29 is 19.1 Å². The van der Waals surface area contributed by atoms with E-state index in [1.54, 1.807) is 20.8 Å². The van der Waals surface area contributed by atoms with E-state index in [1.807, 2.05) is 6.92 Å². The van der Waals surface area contributed by atoms with E-state index in [-0.39, 0.29) is 5.97 Å². The summed E-state index contributed by atoms with van der Waals surface area (Å²) in [7, 11) is 0. The van der Waals surface area contributed by atoms with Gasteiger partial charge in [-0.3, -0.25) is 4.79 Å². The Morgan fingerprint density at radius 3 is 2.25 bits per heavy atom. The molecule has 94 valence electrons. The van der Waals surface area contributed by atoms with Gasteiger partial charge in [0.05, 0.1) is 5.41 Å². The van der Waals surface area contributed by atoms with Crippen molar-refractivity contribution in [1.82, 2.24) is 0 Å². The summed E-state index contributed by atoms with van der Waals surface area (Å²) >= 11 is 1.09. The highest BCUT2D eigenvalue weighted by Crippen LogP contribution is 2.17. The van der Waals surface area contributed by atoms with E-state index in [9.17, 15) is 9.59 Å². The van der Waals surface area contributed by atoms with Gasteiger partial charge < -0.3 is 9.47 Å². The second kappa shape index (κ2) is 6.78. The van der Waals surface area contributed by atoms with Crippen LogP contribution in [-0.4, -0.2) is 23.3 Å². The topological polar surface area (TPSA) is 52.6 Å². The number of rotatable bonds is 4. The third-order valence-electron chi connectivity index (χ3n) is 1.57. The van der Waals surface area contributed by atoms with Gasteiger partial charge in [0.2, 0.25) is 6.29 Å². The third kappa shape index (κ3) is 6.71. The lowest BCUT2D eigenvalue weighted by Gasteiger charge is -2.20. The van der Waals surface area contributed by atoms with E-state index >= 15 is 0 Å². The van der Waals surface area contributed by atoms with Crippen LogP contribution in [0, 0.1) is 5.41 Å². The van der Waals surface area contributed by atoms with Crippen LogP contribution in [0.15, 0.2) is 0 Å². The minimum atomic E-state index is -0.830. The highest BCUT2D eigenvalue weighted by molar-refractivity contribution is 8.13. The van der Waals surface area contributed by atoms with Crippen LogP contribution >= 0.6 is 11.8 Å². The van der Waals surface area contributed by atoms with E-state index in [0.717, 1.165) is 18.2 Å². The first-order chi connectivity index (χ1) is 7.27. The molecule has 0 bridgehead atoms. The van der Waals surface area contributed by atoms with Gasteiger partial charge in [-0.2, -0.15) is 0 Å². The van der Waals surface area contributed by atoms with Crippen LogP contribution in [-0.2, 0) is 14.3 Å². The van der Waals surface area contributed by atoms with Crippen molar-refractivity contribution in [2.75, 3.05) is 5.75 Å². The molecule has 0 aromatic carbocycles. The Labute approximate surface area is 101 Å². The van der Waals surface area contributed by atoms with E-state index < -0.39 is 17.0 Å². The van der Waals surface area contributed by atoms with Gasteiger partial charge in [-0.25, -0.2) is 4.79 Å². The monoisotopic (exact) mass is 248 g/mol. The lowest BCUT2D eigenvalue weighted by atomic mass is 9.97. The molecular weight excluding hydrogens is 228 g/mol. The predicted octanol–water partition coefficient (Wildman–Crippen LogP) is 3.20. The molecule has 0 spiro atoms. The summed E-state index contributed by atoms with van der Waals surface area (Å²) in [5, 5.41) is -0.406. The summed E-state index contributed by atoms with van der Waals surface area (Å²) in [6.45, 7) is 8.75. The summed E-state index contributed by atoms with van der Waals surface area (Å²) < 4.78 is 9.87. The van der Waals surface area contributed by atoms with Crippen molar-refractivity contribution in [3.05, 3.63) is 0 Å². The zero-order valence-corrected chi connectivity index (χ0v) is 11.3. The second-order valence-electron chi connectivity index (χ2n) is 4.44. The van der Waals surface area contributed by atoms with Gasteiger partial charge in [0, 0.05) is 12.7 Å². The van der Waals surface area contributed by atoms with Crippen LogP contribution in [0.25, 0.3) is 0 Å². The zero-order valence-electron chi connectivity index (χ0n) is 10.5. The number of carbonyl (C=O) groups excluding carboxylic acids is 2. The van der Waals surface area contributed by atoms with Gasteiger partial charge in [0.1, 0.15) is 0 Å². The smallest absolute Gasteiger partial charge is 0.370 e. The maximum absolute atomic E-state index is 11.5. The molecule has 1 atom stereocenters. The number of ether oxygens (including phenoxy) is 2. The van der Waals surface area contributed by atoms with E-state index in [4.69, 9.17) is 9.47 Å². The molecule has 16 heavy (non-hydrogen) atoms. The van der Waals surface area contributed by atoms with Crippen molar-refractivity contribution in [3.63, 3.8) is 0 Å². The first-order valence-electron chi connectivity index (χ1n) is 5.32. The lowest BCUT2D eigenvalue weighted by molar-refractivity contribution is -0.173. The van der Waals surface area contributed by atoms with Crippen LogP contribution in [0.3, 0.4) is 0 Å². The molecule has 0 aliphatic carbocycles. The van der Waals surface area contributed by atoms with Crippen molar-refractivity contribution >= 4 is 23.0 Å². The number of hydrogen-bond acceptors (Lipinski definition) is 5. The summed E-state index contributed by atoms with van der Waals surface area (Å²) in [6.07, 6.45) is 0.0687. The first kappa shape index (κ1) is 15.3. The normalized spacial score (nSPS) is 13.1. The molecule has 0 amide bonds. The minimum Gasteiger partial charge on any atom is -0.425 e. The van der Waals surface area contributed by atoms with Gasteiger partial charge in [-0.05, 0) is 39.0 Å². The fourth-order valence-electron chi connectivity index (χ4n) is 0.706. The van der Waals surface area contributed by atoms with Crippen LogP contribution < -0.4 is 0 Å². The molecule has 0 radical (unpaired) electrons. The van der Waals surface area contributed by atoms with Gasteiger partial charge in [-0.1, -0.05) is 6.92 Å². The third-order valence-corrected chi connectivity index (χ3v) is 2.52. The van der Waals surface area contributed by atoms with Crippen LogP contribution in [0.2, 0.25) is 0 Å². The molecule has 0 aliphatic heterocycles. The van der Waals surface area contributed by atoms with E-state index in [2.05, 4.69) is 0 Å². The van der Waals surface area contributed by atoms with Crippen molar-refractivity contribution in [1.29, 1.82) is 0 Å². The van der Waals surface area contributed by atoms with Crippen LogP contribution in [0.1, 0.15) is 41.0 Å². The van der Waals surface area contributed by atoms with Crippen molar-refractivity contribution in [2.24, 2.45) is 5.41 Å². The van der Waals surface area contributed by atoms with Crippen molar-refractivity contribution in [3.8, 4) is 0 Å². The molecule has 4 nitrogen and oxygen atoms in total. The minimum absolute atomic E-state index is 0.381. The number of thioether (sulfide) groups is 1. The summed E-state index contributed by atoms with van der Waals surface area (Å²) in [5.74, 6) is 0.326. The van der Waals surface area contributed by atoms with Gasteiger partial charge in [0.15, 0.2) is 0 Å². The Bertz CT molecular complexity index is 245. The van der Waals surface area contributed by atoms with Crippen LogP contribution in [0.5, 0.6) is 0 Å². The zero-order chi connectivity index (χ0) is 12.8. The average Bonchev–Trinajstić information content (AvgIpc) is 2.12. The molecule has 0 aliphatic rings. The number of hydrogen-bond donors (Lipinski definition) is 0. The second-order valence-corrected chi connectivity index (χ2v) is 5.47.